The molecule has 1 aliphatic heterocycles. The third kappa shape index (κ3) is 5.01. The zero-order valence-electron chi connectivity index (χ0n) is 18.3. The molecule has 3 aromatic carbocycles. The lowest BCUT2D eigenvalue weighted by Crippen LogP contribution is -2.42. The van der Waals surface area contributed by atoms with E-state index < -0.39 is 12.0 Å². The molecule has 4 rings (SSSR count). The first kappa shape index (κ1) is 22.8. The summed E-state index contributed by atoms with van der Waals surface area (Å²) in [6, 6.07) is 21.4. The number of carbonyl (C=O) groups is 3. The minimum atomic E-state index is -1.10. The number of anilines is 1. The maximum Gasteiger partial charge on any atom is 0.335 e. The summed E-state index contributed by atoms with van der Waals surface area (Å²) in [6.07, 6.45) is 1.40. The summed E-state index contributed by atoms with van der Waals surface area (Å²) in [6.45, 7) is -0.252. The molecule has 8 nitrogen and oxygen atoms in total. The molecule has 8 heteroatoms. The molecule has 3 amide bonds. The first-order valence-electron chi connectivity index (χ1n) is 11.0. The van der Waals surface area contributed by atoms with Crippen LogP contribution in [0, 0.1) is 0 Å². The van der Waals surface area contributed by atoms with Crippen molar-refractivity contribution in [2.24, 2.45) is 0 Å². The van der Waals surface area contributed by atoms with Crippen LogP contribution in [0.15, 0.2) is 78.9 Å². The summed E-state index contributed by atoms with van der Waals surface area (Å²) < 4.78 is 0. The Labute approximate surface area is 196 Å². The number of phenolic OH excluding ortho intramolecular Hbond substituents is 1. The predicted octanol–water partition coefficient (Wildman–Crippen LogP) is 4.32. The quantitative estimate of drug-likeness (QED) is 0.438. The number of benzene rings is 3. The van der Waals surface area contributed by atoms with E-state index in [0.717, 1.165) is 12.0 Å². The molecule has 0 aromatic heterocycles. The second-order valence-corrected chi connectivity index (χ2v) is 8.07. The first-order valence-corrected chi connectivity index (χ1v) is 11.0. The highest BCUT2D eigenvalue weighted by molar-refractivity contribution is 5.94. The van der Waals surface area contributed by atoms with Crippen molar-refractivity contribution in [3.8, 4) is 5.75 Å². The van der Waals surface area contributed by atoms with Gasteiger partial charge in [0.1, 0.15) is 5.75 Å². The number of amides is 3. The second-order valence-electron chi connectivity index (χ2n) is 8.07. The number of urea groups is 1. The van der Waals surface area contributed by atoms with Gasteiger partial charge in [0.2, 0.25) is 5.91 Å². The summed E-state index contributed by atoms with van der Waals surface area (Å²) in [5.41, 5.74) is 2.01. The van der Waals surface area contributed by atoms with Crippen molar-refractivity contribution in [2.45, 2.75) is 24.9 Å². The van der Waals surface area contributed by atoms with E-state index in [1.165, 1.54) is 18.2 Å². The number of carboxylic acids is 1. The fraction of sp³-hybridized carbons (Fsp3) is 0.192. The zero-order chi connectivity index (χ0) is 24.1. The number of aromatic carboxylic acids is 1. The molecule has 3 aromatic rings. The number of para-hydroxylation sites is 1. The van der Waals surface area contributed by atoms with E-state index in [9.17, 15) is 19.5 Å². The van der Waals surface area contributed by atoms with Crippen LogP contribution in [0.3, 0.4) is 0 Å². The van der Waals surface area contributed by atoms with Gasteiger partial charge in [-0.2, -0.15) is 0 Å². The number of hydrogen-bond donors (Lipinski definition) is 4. The van der Waals surface area contributed by atoms with E-state index in [1.54, 1.807) is 23.1 Å². The summed E-state index contributed by atoms with van der Waals surface area (Å²) in [4.78, 5) is 38.6. The molecule has 4 N–H and O–H groups in total. The number of likely N-dealkylation sites (tertiary alicyclic amines) is 1. The highest BCUT2D eigenvalue weighted by Crippen LogP contribution is 2.45. The van der Waals surface area contributed by atoms with Gasteiger partial charge in [0.05, 0.1) is 24.2 Å². The van der Waals surface area contributed by atoms with Gasteiger partial charge in [-0.05, 0) is 42.7 Å². The third-order valence-electron chi connectivity index (χ3n) is 5.92. The number of carbonyl (C=O) groups excluding carboxylic acids is 2. The molecule has 1 saturated heterocycles. The number of phenols is 1. The van der Waals surface area contributed by atoms with Crippen molar-refractivity contribution in [1.29, 1.82) is 0 Å². The molecular weight excluding hydrogens is 434 g/mol. The topological polar surface area (TPSA) is 119 Å². The molecule has 174 valence electrons. The standard InChI is InChI=1S/C26H25N3O5/c30-23-12-5-4-11-20(23)22-14-13-21(17-7-2-1-3-8-17)29(22)24(31)16-27-26(34)28-19-10-6-9-18(15-19)25(32)33/h1-12,15,21-22,30H,13-14,16H2,(H,32,33)(H2,27,28,34). The van der Waals surface area contributed by atoms with Crippen LogP contribution < -0.4 is 10.6 Å². The van der Waals surface area contributed by atoms with Crippen molar-refractivity contribution in [3.05, 3.63) is 95.6 Å². The van der Waals surface area contributed by atoms with Crippen LogP contribution in [0.4, 0.5) is 10.5 Å². The molecule has 34 heavy (non-hydrogen) atoms. The summed E-state index contributed by atoms with van der Waals surface area (Å²) in [5.74, 6) is -1.26. The van der Waals surface area contributed by atoms with Gasteiger partial charge in [-0.1, -0.05) is 54.6 Å². The van der Waals surface area contributed by atoms with E-state index in [-0.39, 0.29) is 35.8 Å². The van der Waals surface area contributed by atoms with Crippen LogP contribution in [-0.2, 0) is 4.79 Å². The van der Waals surface area contributed by atoms with Gasteiger partial charge in [0, 0.05) is 11.3 Å². The largest absolute Gasteiger partial charge is 0.508 e. The van der Waals surface area contributed by atoms with Crippen LogP contribution in [0.1, 0.15) is 46.4 Å². The predicted molar refractivity (Wildman–Crippen MR) is 127 cm³/mol. The lowest BCUT2D eigenvalue weighted by Gasteiger charge is -2.31. The Morgan fingerprint density at radius 3 is 2.32 bits per heavy atom. The Morgan fingerprint density at radius 1 is 0.882 bits per heavy atom. The molecule has 0 spiro atoms. The van der Waals surface area contributed by atoms with E-state index in [1.807, 2.05) is 42.5 Å². The monoisotopic (exact) mass is 459 g/mol. The second kappa shape index (κ2) is 10.1. The fourth-order valence-electron chi connectivity index (χ4n) is 4.39. The van der Waals surface area contributed by atoms with Crippen molar-refractivity contribution >= 4 is 23.6 Å². The molecule has 2 unspecified atom stereocenters. The number of hydrogen-bond acceptors (Lipinski definition) is 4. The average molecular weight is 460 g/mol. The van der Waals surface area contributed by atoms with E-state index in [4.69, 9.17) is 5.11 Å². The van der Waals surface area contributed by atoms with Crippen molar-refractivity contribution in [1.82, 2.24) is 10.2 Å². The molecule has 1 aliphatic rings. The molecule has 1 heterocycles. The first-order chi connectivity index (χ1) is 16.4. The molecule has 0 saturated carbocycles. The number of carboxylic acid groups (broad SMARTS) is 1. The van der Waals surface area contributed by atoms with Gasteiger partial charge in [-0.3, -0.25) is 4.79 Å². The number of nitrogens with zero attached hydrogens (tertiary/aromatic N) is 1. The molecule has 2 atom stereocenters. The molecular formula is C26H25N3O5. The van der Waals surface area contributed by atoms with E-state index in [0.29, 0.717) is 17.7 Å². The number of aromatic hydroxyl groups is 1. The SMILES string of the molecule is O=C(NCC(=O)N1C(c2ccccc2)CCC1c1ccccc1O)Nc1cccc(C(=O)O)c1. The van der Waals surface area contributed by atoms with Crippen LogP contribution in [0.25, 0.3) is 0 Å². The minimum Gasteiger partial charge on any atom is -0.508 e. The maximum atomic E-state index is 13.3. The Bertz CT molecular complexity index is 1200. The maximum absolute atomic E-state index is 13.3. The molecule has 0 radical (unpaired) electrons. The summed E-state index contributed by atoms with van der Waals surface area (Å²) in [7, 11) is 0. The average Bonchev–Trinajstić information content (AvgIpc) is 3.28. The van der Waals surface area contributed by atoms with Crippen LogP contribution in [0.2, 0.25) is 0 Å². The Balaban J connectivity index is 1.49. The van der Waals surface area contributed by atoms with Crippen LogP contribution >= 0.6 is 0 Å². The highest BCUT2D eigenvalue weighted by Gasteiger charge is 2.39. The lowest BCUT2D eigenvalue weighted by molar-refractivity contribution is -0.133. The van der Waals surface area contributed by atoms with Gasteiger partial charge < -0.3 is 25.7 Å². The fourth-order valence-corrected chi connectivity index (χ4v) is 4.39. The van der Waals surface area contributed by atoms with Crippen molar-refractivity contribution < 1.29 is 24.6 Å². The van der Waals surface area contributed by atoms with Gasteiger partial charge in [-0.25, -0.2) is 9.59 Å². The minimum absolute atomic E-state index is 0.0437. The number of rotatable bonds is 6. The zero-order valence-corrected chi connectivity index (χ0v) is 18.3. The van der Waals surface area contributed by atoms with Crippen molar-refractivity contribution in [2.75, 3.05) is 11.9 Å². The summed E-state index contributed by atoms with van der Waals surface area (Å²) >= 11 is 0. The lowest BCUT2D eigenvalue weighted by atomic mass is 10.0. The Morgan fingerprint density at radius 2 is 1.59 bits per heavy atom. The van der Waals surface area contributed by atoms with E-state index >= 15 is 0 Å². The van der Waals surface area contributed by atoms with Gasteiger partial charge in [0.15, 0.2) is 0 Å². The molecule has 1 fully saturated rings. The van der Waals surface area contributed by atoms with Crippen molar-refractivity contribution in [3.63, 3.8) is 0 Å². The number of nitrogens with one attached hydrogen (secondary N) is 2. The highest BCUT2D eigenvalue weighted by atomic mass is 16.4. The van der Waals surface area contributed by atoms with Gasteiger partial charge in [0.25, 0.3) is 0 Å². The van der Waals surface area contributed by atoms with Crippen LogP contribution in [-0.4, -0.2) is 39.6 Å². The normalized spacial score (nSPS) is 17.2. The Hall–Kier alpha value is -4.33. The molecule has 0 bridgehead atoms. The Kier molecular flexibility index (Phi) is 6.77. The van der Waals surface area contributed by atoms with Crippen LogP contribution in [0.5, 0.6) is 5.75 Å². The van der Waals surface area contributed by atoms with E-state index in [2.05, 4.69) is 10.6 Å². The van der Waals surface area contributed by atoms with Gasteiger partial charge in [-0.15, -0.1) is 0 Å². The smallest absolute Gasteiger partial charge is 0.335 e. The van der Waals surface area contributed by atoms with Gasteiger partial charge >= 0.3 is 12.0 Å². The molecule has 0 aliphatic carbocycles. The third-order valence-corrected chi connectivity index (χ3v) is 5.92. The summed E-state index contributed by atoms with van der Waals surface area (Å²) in [5, 5.41) is 24.6.